The first-order valence-electron chi connectivity index (χ1n) is 9.84. The van der Waals surface area contributed by atoms with Crippen LogP contribution in [0.15, 0.2) is 18.2 Å². The molecule has 0 saturated heterocycles. The van der Waals surface area contributed by atoms with Crippen LogP contribution in [0.5, 0.6) is 0 Å². The van der Waals surface area contributed by atoms with Gasteiger partial charge in [0, 0.05) is 37.9 Å². The van der Waals surface area contributed by atoms with Crippen molar-refractivity contribution in [2.45, 2.75) is 51.5 Å². The van der Waals surface area contributed by atoms with Crippen molar-refractivity contribution in [2.75, 3.05) is 32.1 Å². The van der Waals surface area contributed by atoms with Crippen LogP contribution in [0.3, 0.4) is 0 Å². The molecule has 2 amide bonds. The topological polar surface area (TPSA) is 52.7 Å². The molecule has 1 saturated carbocycles. The number of nitrogens with one attached hydrogen (secondary N) is 1. The van der Waals surface area contributed by atoms with Crippen molar-refractivity contribution >= 4 is 17.5 Å². The van der Waals surface area contributed by atoms with Gasteiger partial charge in [0.25, 0.3) is 5.91 Å². The van der Waals surface area contributed by atoms with E-state index in [4.69, 9.17) is 0 Å². The number of anilines is 1. The van der Waals surface area contributed by atoms with E-state index in [1.807, 2.05) is 18.2 Å². The van der Waals surface area contributed by atoms with Crippen LogP contribution in [-0.2, 0) is 11.2 Å². The van der Waals surface area contributed by atoms with Gasteiger partial charge in [-0.15, -0.1) is 0 Å². The zero-order chi connectivity index (χ0) is 18.7. The van der Waals surface area contributed by atoms with E-state index in [0.29, 0.717) is 18.5 Å². The summed E-state index contributed by atoms with van der Waals surface area (Å²) in [5.41, 5.74) is 2.98. The minimum Gasteiger partial charge on any atom is -0.362 e. The molecule has 1 aliphatic carbocycles. The van der Waals surface area contributed by atoms with E-state index in [-0.39, 0.29) is 11.8 Å². The molecule has 1 aliphatic heterocycles. The van der Waals surface area contributed by atoms with E-state index in [1.165, 1.54) is 24.8 Å². The van der Waals surface area contributed by atoms with Gasteiger partial charge >= 0.3 is 0 Å². The number of carbonyl (C=O) groups excluding carboxylic acids is 2. The Labute approximate surface area is 156 Å². The standard InChI is InChI=1S/C21H31N3O2/c1-15-7-4-5-9-18(15)22-20(25)14-24-12-6-8-16-13-17(10-11-19(16)24)21(26)23(2)3/h10-11,13,15,18H,4-9,12,14H2,1-3H3,(H,22,25)/t15-,18-/m1/s1. The van der Waals surface area contributed by atoms with Gasteiger partial charge < -0.3 is 15.1 Å². The lowest BCUT2D eigenvalue weighted by Gasteiger charge is -2.33. The van der Waals surface area contributed by atoms with Crippen molar-refractivity contribution in [3.8, 4) is 0 Å². The van der Waals surface area contributed by atoms with Gasteiger partial charge in [-0.1, -0.05) is 19.8 Å². The maximum absolute atomic E-state index is 12.6. The van der Waals surface area contributed by atoms with Crippen molar-refractivity contribution in [1.29, 1.82) is 0 Å². The minimum absolute atomic E-state index is 0.0222. The van der Waals surface area contributed by atoms with Crippen LogP contribution in [0.1, 0.15) is 54.9 Å². The molecule has 0 unspecified atom stereocenters. The summed E-state index contributed by atoms with van der Waals surface area (Å²) < 4.78 is 0. The Morgan fingerprint density at radius 2 is 1.96 bits per heavy atom. The molecule has 0 radical (unpaired) electrons. The van der Waals surface area contributed by atoms with E-state index in [0.717, 1.165) is 37.1 Å². The van der Waals surface area contributed by atoms with Crippen molar-refractivity contribution < 1.29 is 9.59 Å². The molecule has 2 aliphatic rings. The van der Waals surface area contributed by atoms with Crippen molar-refractivity contribution in [2.24, 2.45) is 5.92 Å². The molecule has 5 heteroatoms. The predicted octanol–water partition coefficient (Wildman–Crippen LogP) is 2.84. The van der Waals surface area contributed by atoms with E-state index >= 15 is 0 Å². The van der Waals surface area contributed by atoms with Gasteiger partial charge in [0.2, 0.25) is 5.91 Å². The molecule has 1 fully saturated rings. The SMILES string of the molecule is C[C@@H]1CCCC[C@H]1NC(=O)CN1CCCc2cc(C(=O)N(C)C)ccc21. The third kappa shape index (κ3) is 4.19. The number of aryl methyl sites for hydroxylation is 1. The van der Waals surface area contributed by atoms with Gasteiger partial charge in [0.1, 0.15) is 0 Å². The number of rotatable bonds is 4. The third-order valence-electron chi connectivity index (χ3n) is 5.74. The van der Waals surface area contributed by atoms with Crippen molar-refractivity contribution in [3.63, 3.8) is 0 Å². The van der Waals surface area contributed by atoms with Crippen LogP contribution >= 0.6 is 0 Å². The molecule has 1 aromatic rings. The Balaban J connectivity index is 1.67. The Hall–Kier alpha value is -2.04. The monoisotopic (exact) mass is 357 g/mol. The molecule has 2 atom stereocenters. The lowest BCUT2D eigenvalue weighted by molar-refractivity contribution is -0.121. The predicted molar refractivity (Wildman–Crippen MR) is 105 cm³/mol. The number of carbonyl (C=O) groups is 2. The third-order valence-corrected chi connectivity index (χ3v) is 5.74. The lowest BCUT2D eigenvalue weighted by atomic mass is 9.86. The summed E-state index contributed by atoms with van der Waals surface area (Å²) in [6, 6.07) is 6.19. The fourth-order valence-corrected chi connectivity index (χ4v) is 4.19. The second kappa shape index (κ2) is 8.11. The average Bonchev–Trinajstić information content (AvgIpc) is 2.62. The molecular formula is C21H31N3O2. The van der Waals surface area contributed by atoms with Crippen molar-refractivity contribution in [3.05, 3.63) is 29.3 Å². The number of hydrogen-bond donors (Lipinski definition) is 1. The number of amides is 2. The van der Waals surface area contributed by atoms with Gasteiger partial charge in [-0.25, -0.2) is 0 Å². The summed E-state index contributed by atoms with van der Waals surface area (Å²) in [5.74, 6) is 0.708. The average molecular weight is 357 g/mol. The molecule has 3 rings (SSSR count). The Morgan fingerprint density at radius 3 is 2.69 bits per heavy atom. The molecule has 26 heavy (non-hydrogen) atoms. The van der Waals surface area contributed by atoms with E-state index < -0.39 is 0 Å². The van der Waals surface area contributed by atoms with Crippen LogP contribution in [0.2, 0.25) is 0 Å². The Bertz CT molecular complexity index is 671. The molecule has 0 spiro atoms. The maximum Gasteiger partial charge on any atom is 0.253 e. The van der Waals surface area contributed by atoms with E-state index in [2.05, 4.69) is 17.1 Å². The highest BCUT2D eigenvalue weighted by Gasteiger charge is 2.25. The zero-order valence-electron chi connectivity index (χ0n) is 16.3. The normalized spacial score (nSPS) is 22.5. The van der Waals surface area contributed by atoms with Crippen LogP contribution in [-0.4, -0.2) is 49.9 Å². The highest BCUT2D eigenvalue weighted by molar-refractivity contribution is 5.94. The van der Waals surface area contributed by atoms with E-state index in [1.54, 1.807) is 19.0 Å². The highest BCUT2D eigenvalue weighted by atomic mass is 16.2. The molecule has 0 bridgehead atoms. The van der Waals surface area contributed by atoms with Gasteiger partial charge in [-0.3, -0.25) is 9.59 Å². The smallest absolute Gasteiger partial charge is 0.253 e. The quantitative estimate of drug-likeness (QED) is 0.901. The maximum atomic E-state index is 12.6. The summed E-state index contributed by atoms with van der Waals surface area (Å²) in [6.07, 6.45) is 6.77. The molecular weight excluding hydrogens is 326 g/mol. The van der Waals surface area contributed by atoms with Gasteiger partial charge in [-0.2, -0.15) is 0 Å². The fourth-order valence-electron chi connectivity index (χ4n) is 4.19. The molecule has 142 valence electrons. The summed E-state index contributed by atoms with van der Waals surface area (Å²) in [6.45, 7) is 3.53. The summed E-state index contributed by atoms with van der Waals surface area (Å²) >= 11 is 0. The minimum atomic E-state index is 0.0222. The van der Waals surface area contributed by atoms with Crippen LogP contribution < -0.4 is 10.2 Å². The second-order valence-corrected chi connectivity index (χ2v) is 8.00. The van der Waals surface area contributed by atoms with E-state index in [9.17, 15) is 9.59 Å². The molecule has 1 heterocycles. The summed E-state index contributed by atoms with van der Waals surface area (Å²) in [7, 11) is 3.54. The number of benzene rings is 1. The van der Waals surface area contributed by atoms with Crippen LogP contribution in [0, 0.1) is 5.92 Å². The second-order valence-electron chi connectivity index (χ2n) is 8.00. The number of hydrogen-bond acceptors (Lipinski definition) is 3. The Morgan fingerprint density at radius 1 is 1.19 bits per heavy atom. The largest absolute Gasteiger partial charge is 0.362 e. The van der Waals surface area contributed by atoms with Gasteiger partial charge in [-0.05, 0) is 55.4 Å². The van der Waals surface area contributed by atoms with Gasteiger partial charge in [0.05, 0.1) is 6.54 Å². The number of nitrogens with zero attached hydrogens (tertiary/aromatic N) is 2. The van der Waals surface area contributed by atoms with Crippen LogP contribution in [0.4, 0.5) is 5.69 Å². The summed E-state index contributed by atoms with van der Waals surface area (Å²) in [5, 5.41) is 3.25. The van der Waals surface area contributed by atoms with Crippen LogP contribution in [0.25, 0.3) is 0 Å². The molecule has 0 aromatic heterocycles. The van der Waals surface area contributed by atoms with Crippen molar-refractivity contribution in [1.82, 2.24) is 10.2 Å². The molecule has 1 N–H and O–H groups in total. The highest BCUT2D eigenvalue weighted by Crippen LogP contribution is 2.28. The molecule has 5 nitrogen and oxygen atoms in total. The lowest BCUT2D eigenvalue weighted by Crippen LogP contribution is -2.46. The summed E-state index contributed by atoms with van der Waals surface area (Å²) in [4.78, 5) is 28.5. The zero-order valence-corrected chi connectivity index (χ0v) is 16.3. The molecule has 1 aromatic carbocycles. The first-order chi connectivity index (χ1) is 12.5. The van der Waals surface area contributed by atoms with Gasteiger partial charge in [0.15, 0.2) is 0 Å². The fraction of sp³-hybridized carbons (Fsp3) is 0.619. The first-order valence-corrected chi connectivity index (χ1v) is 9.84. The first kappa shape index (κ1) is 18.7. The number of fused-ring (bicyclic) bond motifs is 1. The Kier molecular flexibility index (Phi) is 5.84.